The number of nitrogens with one attached hydrogen (secondary N) is 1. The molecule has 3 heteroatoms. The van der Waals surface area contributed by atoms with Crippen molar-refractivity contribution in [2.24, 2.45) is 5.41 Å². The first-order valence-corrected chi connectivity index (χ1v) is 6.80. The van der Waals surface area contributed by atoms with Crippen molar-refractivity contribution in [3.63, 3.8) is 0 Å². The summed E-state index contributed by atoms with van der Waals surface area (Å²) in [6, 6.07) is 5.43. The average molecular weight is 302 g/mol. The van der Waals surface area contributed by atoms with Gasteiger partial charge in [0.15, 0.2) is 0 Å². The highest BCUT2D eigenvalue weighted by molar-refractivity contribution is 9.10. The highest BCUT2D eigenvalue weighted by Crippen LogP contribution is 2.28. The van der Waals surface area contributed by atoms with Gasteiger partial charge in [-0.1, -0.05) is 36.7 Å². The number of rotatable bonds is 5. The summed E-state index contributed by atoms with van der Waals surface area (Å²) in [6.07, 6.45) is 1.93. The second-order valence-corrected chi connectivity index (χ2v) is 6.08. The summed E-state index contributed by atoms with van der Waals surface area (Å²) < 4.78 is 14.1. The van der Waals surface area contributed by atoms with Crippen LogP contribution in [0.5, 0.6) is 0 Å². The van der Waals surface area contributed by atoms with Crippen LogP contribution >= 0.6 is 15.9 Å². The van der Waals surface area contributed by atoms with Crippen LogP contribution in [0.15, 0.2) is 22.7 Å². The second-order valence-electron chi connectivity index (χ2n) is 5.17. The van der Waals surface area contributed by atoms with Gasteiger partial charge < -0.3 is 5.32 Å². The lowest BCUT2D eigenvalue weighted by Crippen LogP contribution is -2.41. The van der Waals surface area contributed by atoms with Crippen molar-refractivity contribution in [3.05, 3.63) is 34.1 Å². The quantitative estimate of drug-likeness (QED) is 0.861. The molecular weight excluding hydrogens is 281 g/mol. The summed E-state index contributed by atoms with van der Waals surface area (Å²) in [4.78, 5) is 0. The van der Waals surface area contributed by atoms with E-state index in [4.69, 9.17) is 0 Å². The van der Waals surface area contributed by atoms with Gasteiger partial charge in [-0.2, -0.15) is 0 Å². The van der Waals surface area contributed by atoms with Crippen LogP contribution < -0.4 is 5.32 Å². The van der Waals surface area contributed by atoms with E-state index in [1.54, 1.807) is 6.07 Å². The van der Waals surface area contributed by atoms with Gasteiger partial charge in [0.25, 0.3) is 0 Å². The third kappa shape index (κ3) is 4.07. The van der Waals surface area contributed by atoms with Crippen LogP contribution in [0.3, 0.4) is 0 Å². The predicted molar refractivity (Wildman–Crippen MR) is 74.7 cm³/mol. The molecule has 1 N–H and O–H groups in total. The fourth-order valence-electron chi connectivity index (χ4n) is 1.98. The molecule has 0 heterocycles. The Bertz CT molecular complexity index is 356. The molecule has 0 aromatic heterocycles. The minimum Gasteiger partial charge on any atom is -0.316 e. The van der Waals surface area contributed by atoms with Gasteiger partial charge >= 0.3 is 0 Å². The predicted octanol–water partition coefficient (Wildman–Crippen LogP) is 4.15. The van der Waals surface area contributed by atoms with Gasteiger partial charge in [0.2, 0.25) is 0 Å². The molecule has 0 radical (unpaired) electrons. The number of benzene rings is 1. The van der Waals surface area contributed by atoms with Crippen LogP contribution in [0, 0.1) is 11.2 Å². The van der Waals surface area contributed by atoms with E-state index in [1.165, 1.54) is 6.07 Å². The molecule has 1 unspecified atom stereocenters. The fraction of sp³-hybridized carbons (Fsp3) is 0.571. The van der Waals surface area contributed by atoms with Crippen molar-refractivity contribution in [3.8, 4) is 0 Å². The van der Waals surface area contributed by atoms with Gasteiger partial charge in [-0.3, -0.25) is 0 Å². The third-order valence-corrected chi connectivity index (χ3v) is 4.02. The minimum absolute atomic E-state index is 0.182. The van der Waals surface area contributed by atoms with Crippen LogP contribution in [0.2, 0.25) is 0 Å². The molecule has 17 heavy (non-hydrogen) atoms. The van der Waals surface area contributed by atoms with Crippen LogP contribution in [0.25, 0.3) is 0 Å². The molecule has 0 spiro atoms. The molecule has 1 rings (SSSR count). The van der Waals surface area contributed by atoms with E-state index in [9.17, 15) is 4.39 Å². The molecule has 0 fully saturated rings. The zero-order valence-electron chi connectivity index (χ0n) is 11.0. The summed E-state index contributed by atoms with van der Waals surface area (Å²) in [7, 11) is 1.97. The zero-order valence-corrected chi connectivity index (χ0v) is 12.6. The molecule has 0 bridgehead atoms. The van der Waals surface area contributed by atoms with Crippen molar-refractivity contribution in [1.82, 2.24) is 5.32 Å². The maximum Gasteiger partial charge on any atom is 0.124 e. The minimum atomic E-state index is -0.182. The Morgan fingerprint density at radius 3 is 2.47 bits per heavy atom. The lowest BCUT2D eigenvalue weighted by atomic mass is 9.79. The van der Waals surface area contributed by atoms with E-state index in [0.717, 1.165) is 22.9 Å². The molecule has 1 atom stereocenters. The number of hydrogen-bond donors (Lipinski definition) is 1. The van der Waals surface area contributed by atoms with Crippen LogP contribution in [-0.2, 0) is 6.42 Å². The van der Waals surface area contributed by atoms with Gasteiger partial charge in [-0.25, -0.2) is 4.39 Å². The van der Waals surface area contributed by atoms with Crippen molar-refractivity contribution in [2.75, 3.05) is 7.05 Å². The molecule has 1 nitrogen and oxygen atoms in total. The van der Waals surface area contributed by atoms with E-state index in [-0.39, 0.29) is 11.2 Å². The summed E-state index contributed by atoms with van der Waals surface area (Å²) in [5.41, 5.74) is 1.23. The normalized spacial score (nSPS) is 13.8. The number of halogens is 2. The first-order valence-electron chi connectivity index (χ1n) is 6.01. The van der Waals surface area contributed by atoms with Gasteiger partial charge in [0.1, 0.15) is 5.82 Å². The Balaban J connectivity index is 2.88. The number of hydrogen-bond acceptors (Lipinski definition) is 1. The molecule has 1 aromatic rings. The smallest absolute Gasteiger partial charge is 0.124 e. The topological polar surface area (TPSA) is 12.0 Å². The standard InChI is InChI=1S/C14H21BrFN/c1-5-14(2,3)13(17-4)8-10-6-11(15)9-12(16)7-10/h6-7,9,13,17H,5,8H2,1-4H3. The Hall–Kier alpha value is -0.410. The Kier molecular flexibility index (Phi) is 5.14. The highest BCUT2D eigenvalue weighted by Gasteiger charge is 2.26. The summed E-state index contributed by atoms with van der Waals surface area (Å²) in [5, 5.41) is 3.34. The van der Waals surface area contributed by atoms with E-state index in [0.29, 0.717) is 6.04 Å². The monoisotopic (exact) mass is 301 g/mol. The van der Waals surface area contributed by atoms with Crippen molar-refractivity contribution < 1.29 is 4.39 Å². The molecule has 0 aliphatic carbocycles. The van der Waals surface area contributed by atoms with Gasteiger partial charge in [-0.05, 0) is 49.1 Å². The lowest BCUT2D eigenvalue weighted by Gasteiger charge is -2.33. The van der Waals surface area contributed by atoms with Crippen LogP contribution in [-0.4, -0.2) is 13.1 Å². The summed E-state index contributed by atoms with van der Waals surface area (Å²) in [5.74, 6) is -0.182. The molecule has 1 aromatic carbocycles. The molecule has 0 saturated carbocycles. The van der Waals surface area contributed by atoms with Crippen molar-refractivity contribution in [2.45, 2.75) is 39.7 Å². The first-order chi connectivity index (χ1) is 7.89. The maximum atomic E-state index is 13.3. The van der Waals surface area contributed by atoms with Gasteiger partial charge in [-0.15, -0.1) is 0 Å². The van der Waals surface area contributed by atoms with Crippen LogP contribution in [0.1, 0.15) is 32.8 Å². The van der Waals surface area contributed by atoms with Crippen LogP contribution in [0.4, 0.5) is 4.39 Å². The first kappa shape index (κ1) is 14.7. The van der Waals surface area contributed by atoms with Crippen molar-refractivity contribution in [1.29, 1.82) is 0 Å². The van der Waals surface area contributed by atoms with E-state index < -0.39 is 0 Å². The molecule has 0 aliphatic rings. The van der Waals surface area contributed by atoms with Gasteiger partial charge in [0, 0.05) is 10.5 Å². The molecular formula is C14H21BrFN. The summed E-state index contributed by atoms with van der Waals surface area (Å²) >= 11 is 3.33. The van der Waals surface area contributed by atoms with E-state index >= 15 is 0 Å². The highest BCUT2D eigenvalue weighted by atomic mass is 79.9. The fourth-order valence-corrected chi connectivity index (χ4v) is 2.49. The molecule has 0 amide bonds. The number of likely N-dealkylation sites (N-methyl/N-ethyl adjacent to an activating group) is 1. The molecule has 0 aliphatic heterocycles. The van der Waals surface area contributed by atoms with E-state index in [2.05, 4.69) is 42.0 Å². The van der Waals surface area contributed by atoms with Gasteiger partial charge in [0.05, 0.1) is 0 Å². The third-order valence-electron chi connectivity index (χ3n) is 3.57. The Morgan fingerprint density at radius 1 is 1.35 bits per heavy atom. The molecule has 96 valence electrons. The zero-order chi connectivity index (χ0) is 13.1. The summed E-state index contributed by atoms with van der Waals surface area (Å²) in [6.45, 7) is 6.66. The largest absolute Gasteiger partial charge is 0.316 e. The Labute approximate surface area is 112 Å². The van der Waals surface area contributed by atoms with E-state index in [1.807, 2.05) is 13.1 Å². The second kappa shape index (κ2) is 5.96. The average Bonchev–Trinajstić information content (AvgIpc) is 2.24. The maximum absolute atomic E-state index is 13.3. The SMILES string of the molecule is CCC(C)(C)C(Cc1cc(F)cc(Br)c1)NC. The van der Waals surface area contributed by atoms with Crippen molar-refractivity contribution >= 4 is 15.9 Å². The lowest BCUT2D eigenvalue weighted by molar-refractivity contribution is 0.240. The molecule has 0 saturated heterocycles. The Morgan fingerprint density at radius 2 is 2.00 bits per heavy atom.